The molecule has 0 amide bonds. The van der Waals surface area contributed by atoms with Gasteiger partial charge in [0.2, 0.25) is 0 Å². The van der Waals surface area contributed by atoms with Crippen LogP contribution in [0.15, 0.2) is 6.20 Å². The second-order valence-corrected chi connectivity index (χ2v) is 6.07. The molecule has 0 aliphatic rings. The van der Waals surface area contributed by atoms with Gasteiger partial charge in [0.1, 0.15) is 0 Å². The zero-order valence-electron chi connectivity index (χ0n) is 11.9. The van der Waals surface area contributed by atoms with Crippen molar-refractivity contribution in [1.82, 2.24) is 9.78 Å². The number of rotatable bonds is 3. The predicted octanol–water partition coefficient (Wildman–Crippen LogP) is 1.26. The van der Waals surface area contributed by atoms with E-state index in [9.17, 15) is 5.02 Å². The molecule has 1 rings (SSSR count). The van der Waals surface area contributed by atoms with E-state index in [0.717, 1.165) is 11.2 Å². The predicted molar refractivity (Wildman–Crippen MR) is 70.2 cm³/mol. The third-order valence-electron chi connectivity index (χ3n) is 3.53. The lowest BCUT2D eigenvalue weighted by Gasteiger charge is -2.39. The first kappa shape index (κ1) is 14.3. The summed E-state index contributed by atoms with van der Waals surface area (Å²) in [7, 11) is 0.899. The Balaban J connectivity index is 2.86. The summed E-state index contributed by atoms with van der Waals surface area (Å²) in [5, 5.41) is 14.3. The number of nitrogens with zero attached hydrogens (tertiary/aromatic N) is 2. The fraction of sp³-hybridized carbons (Fsp3) is 0.750. The van der Waals surface area contributed by atoms with Gasteiger partial charge in [0.25, 0.3) is 0 Å². The molecule has 96 valence electrons. The van der Waals surface area contributed by atoms with Gasteiger partial charge in [-0.25, -0.2) is 0 Å². The summed E-state index contributed by atoms with van der Waals surface area (Å²) >= 11 is 0. The van der Waals surface area contributed by atoms with Crippen molar-refractivity contribution in [2.45, 2.75) is 47.1 Å². The molecule has 0 atom stereocenters. The molecule has 4 nitrogen and oxygen atoms in total. The number of aryl methyl sites for hydroxylation is 2. The average molecular weight is 238 g/mol. The summed E-state index contributed by atoms with van der Waals surface area (Å²) in [6.07, 6.45) is 1.79. The summed E-state index contributed by atoms with van der Waals surface area (Å²) in [5.41, 5.74) is 1.05. The van der Waals surface area contributed by atoms with Gasteiger partial charge in [0, 0.05) is 18.7 Å². The summed E-state index contributed by atoms with van der Waals surface area (Å²) in [6.45, 7) is 12.1. The SMILES string of the molecule is Cc1nn(C)cc1B(O)OC(C)(C)C(C)(C)C. The van der Waals surface area contributed by atoms with Gasteiger partial charge in [-0.15, -0.1) is 0 Å². The maximum absolute atomic E-state index is 10.1. The van der Waals surface area contributed by atoms with Crippen LogP contribution in [0.4, 0.5) is 0 Å². The normalized spacial score (nSPS) is 12.9. The van der Waals surface area contributed by atoms with E-state index in [-0.39, 0.29) is 5.41 Å². The zero-order chi connectivity index (χ0) is 13.4. The second-order valence-electron chi connectivity index (χ2n) is 6.07. The molecule has 0 saturated heterocycles. The van der Waals surface area contributed by atoms with Crippen molar-refractivity contribution in [1.29, 1.82) is 0 Å². The first-order valence-electron chi connectivity index (χ1n) is 5.90. The van der Waals surface area contributed by atoms with Crippen LogP contribution in [0.25, 0.3) is 0 Å². The molecule has 0 unspecified atom stereocenters. The minimum atomic E-state index is -0.932. The van der Waals surface area contributed by atoms with Crippen molar-refractivity contribution in [3.8, 4) is 0 Å². The van der Waals surface area contributed by atoms with E-state index in [1.807, 2.05) is 27.8 Å². The van der Waals surface area contributed by atoms with Crippen molar-refractivity contribution in [2.75, 3.05) is 0 Å². The van der Waals surface area contributed by atoms with Crippen LogP contribution < -0.4 is 5.46 Å². The van der Waals surface area contributed by atoms with Crippen LogP contribution in [0, 0.1) is 12.3 Å². The van der Waals surface area contributed by atoms with Crippen molar-refractivity contribution >= 4 is 12.6 Å². The molecule has 1 aromatic heterocycles. The molecular formula is C12H23BN2O2. The molecule has 0 spiro atoms. The highest BCUT2D eigenvalue weighted by Gasteiger charge is 2.38. The van der Waals surface area contributed by atoms with Crippen LogP contribution in [0.1, 0.15) is 40.3 Å². The summed E-state index contributed by atoms with van der Waals surface area (Å²) < 4.78 is 7.47. The molecule has 0 saturated carbocycles. The van der Waals surface area contributed by atoms with E-state index in [1.54, 1.807) is 10.9 Å². The van der Waals surface area contributed by atoms with Gasteiger partial charge in [-0.05, 0) is 26.2 Å². The lowest BCUT2D eigenvalue weighted by atomic mass is 9.73. The van der Waals surface area contributed by atoms with Gasteiger partial charge in [-0.1, -0.05) is 20.8 Å². The maximum Gasteiger partial charge on any atom is 0.495 e. The number of hydrogen-bond acceptors (Lipinski definition) is 3. The van der Waals surface area contributed by atoms with Crippen LogP contribution in [0.3, 0.4) is 0 Å². The van der Waals surface area contributed by atoms with Gasteiger partial charge in [-0.3, -0.25) is 4.68 Å². The molecule has 5 heteroatoms. The van der Waals surface area contributed by atoms with Crippen molar-refractivity contribution in [3.63, 3.8) is 0 Å². The van der Waals surface area contributed by atoms with E-state index < -0.39 is 12.7 Å². The Labute approximate surface area is 104 Å². The molecule has 0 fully saturated rings. The van der Waals surface area contributed by atoms with Gasteiger partial charge in [0.05, 0.1) is 11.3 Å². The zero-order valence-corrected chi connectivity index (χ0v) is 11.9. The highest BCUT2D eigenvalue weighted by atomic mass is 16.5. The standard InChI is InChI=1S/C12H23BN2O2/c1-9-10(8-15(7)14-9)13(16)17-12(5,6)11(2,3)4/h8,16H,1-7H3. The molecular weight excluding hydrogens is 215 g/mol. The first-order valence-corrected chi connectivity index (χ1v) is 5.90. The fourth-order valence-electron chi connectivity index (χ4n) is 1.38. The van der Waals surface area contributed by atoms with Gasteiger partial charge in [-0.2, -0.15) is 5.10 Å². The van der Waals surface area contributed by atoms with Gasteiger partial charge in [0.15, 0.2) is 0 Å². The van der Waals surface area contributed by atoms with E-state index >= 15 is 0 Å². The number of aromatic nitrogens is 2. The maximum atomic E-state index is 10.1. The summed E-state index contributed by atoms with van der Waals surface area (Å²) in [6, 6.07) is 0. The Bertz CT molecular complexity index is 394. The molecule has 0 aromatic carbocycles. The molecule has 1 aromatic rings. The van der Waals surface area contributed by atoms with E-state index in [4.69, 9.17) is 4.65 Å². The van der Waals surface area contributed by atoms with Crippen LogP contribution in [0.2, 0.25) is 0 Å². The minimum Gasteiger partial charge on any atom is -0.423 e. The Morgan fingerprint density at radius 2 is 1.82 bits per heavy atom. The highest BCUT2D eigenvalue weighted by molar-refractivity contribution is 6.60. The topological polar surface area (TPSA) is 47.3 Å². The third kappa shape index (κ3) is 3.10. The molecule has 0 radical (unpaired) electrons. The van der Waals surface area contributed by atoms with E-state index in [2.05, 4.69) is 25.9 Å². The minimum absolute atomic E-state index is 0.0515. The lowest BCUT2D eigenvalue weighted by Crippen LogP contribution is -2.48. The summed E-state index contributed by atoms with van der Waals surface area (Å²) in [4.78, 5) is 0. The smallest absolute Gasteiger partial charge is 0.423 e. The molecule has 1 N–H and O–H groups in total. The highest BCUT2D eigenvalue weighted by Crippen LogP contribution is 2.33. The quantitative estimate of drug-likeness (QED) is 0.806. The van der Waals surface area contributed by atoms with Crippen LogP contribution in [-0.4, -0.2) is 27.5 Å². The van der Waals surface area contributed by atoms with Crippen molar-refractivity contribution in [3.05, 3.63) is 11.9 Å². The molecule has 1 heterocycles. The van der Waals surface area contributed by atoms with E-state index in [1.165, 1.54) is 0 Å². The molecule has 0 bridgehead atoms. The summed E-state index contributed by atoms with van der Waals surface area (Å²) in [5.74, 6) is 0. The first-order chi connectivity index (χ1) is 7.54. The van der Waals surface area contributed by atoms with Crippen molar-refractivity contribution in [2.24, 2.45) is 12.5 Å². The van der Waals surface area contributed by atoms with Gasteiger partial charge < -0.3 is 9.68 Å². The molecule has 17 heavy (non-hydrogen) atoms. The largest absolute Gasteiger partial charge is 0.495 e. The van der Waals surface area contributed by atoms with Crippen LogP contribution in [0.5, 0.6) is 0 Å². The lowest BCUT2D eigenvalue weighted by molar-refractivity contribution is -0.0129. The Morgan fingerprint density at radius 1 is 1.29 bits per heavy atom. The molecule has 0 aliphatic carbocycles. The van der Waals surface area contributed by atoms with Crippen molar-refractivity contribution < 1.29 is 9.68 Å². The van der Waals surface area contributed by atoms with E-state index in [0.29, 0.717) is 0 Å². The third-order valence-corrected chi connectivity index (χ3v) is 3.53. The Hall–Kier alpha value is -0.805. The fourth-order valence-corrected chi connectivity index (χ4v) is 1.38. The van der Waals surface area contributed by atoms with Crippen LogP contribution >= 0.6 is 0 Å². The van der Waals surface area contributed by atoms with Crippen LogP contribution in [-0.2, 0) is 11.7 Å². The molecule has 0 aliphatic heterocycles. The average Bonchev–Trinajstić information content (AvgIpc) is 2.42. The Morgan fingerprint density at radius 3 is 2.18 bits per heavy atom. The Kier molecular flexibility index (Phi) is 3.74. The second kappa shape index (κ2) is 4.46. The van der Waals surface area contributed by atoms with Gasteiger partial charge >= 0.3 is 7.12 Å². The monoisotopic (exact) mass is 238 g/mol. The number of hydrogen-bond donors (Lipinski definition) is 1.